The van der Waals surface area contributed by atoms with E-state index in [1.54, 1.807) is 0 Å². The molecule has 0 N–H and O–H groups in total. The molecular weight excluding hydrogens is 166 g/mol. The maximum Gasteiger partial charge on any atom is 0 e. The zero-order chi connectivity index (χ0) is 0. The molecule has 1 atom stereocenters. The average molecular weight is 169 g/mol. The van der Waals surface area contributed by atoms with Crippen molar-refractivity contribution in [3.8, 4) is 0 Å². The van der Waals surface area contributed by atoms with Crippen LogP contribution in [0, 0.1) is 0 Å². The molecule has 4 heteroatoms. The van der Waals surface area contributed by atoms with E-state index in [0.717, 1.165) is 0 Å². The first-order valence-electron chi connectivity index (χ1n) is 0. The summed E-state index contributed by atoms with van der Waals surface area (Å²) in [6.07, 6.45) is 0. The Hall–Kier alpha value is 2.01. The zero-order valence-electron chi connectivity index (χ0n) is 2.05. The molecule has 3 radical (unpaired) electrons. The second-order valence-electron chi connectivity index (χ2n) is 0. The molecule has 0 aliphatic rings. The molecule has 0 heterocycles. The molecule has 0 saturated heterocycles. The van der Waals surface area contributed by atoms with E-state index in [2.05, 4.69) is 0 Å². The molecule has 0 fully saturated rings. The smallest absolute Gasteiger partial charge is 0 e. The SMILES string of the molecule is P.[Al].[Cr].[Fe]. The van der Waals surface area contributed by atoms with Crippen LogP contribution in [0.15, 0.2) is 0 Å². The minimum absolute atomic E-state index is 0. The molecule has 0 spiro atoms. The van der Waals surface area contributed by atoms with Crippen molar-refractivity contribution in [2.75, 3.05) is 0 Å². The van der Waals surface area contributed by atoms with Gasteiger partial charge in [-0.2, -0.15) is 9.90 Å². The molecule has 0 amide bonds. The summed E-state index contributed by atoms with van der Waals surface area (Å²) in [4.78, 5) is 0. The minimum atomic E-state index is 0. The second kappa shape index (κ2) is 19.9. The van der Waals surface area contributed by atoms with Gasteiger partial charge in [0.1, 0.15) is 0 Å². The molecule has 0 nitrogen and oxygen atoms in total. The summed E-state index contributed by atoms with van der Waals surface area (Å²) in [6, 6.07) is 0. The fourth-order valence-electron chi connectivity index (χ4n) is 0. The Kier molecular flexibility index (Phi) is 186. The van der Waals surface area contributed by atoms with Crippen molar-refractivity contribution in [3.63, 3.8) is 0 Å². The van der Waals surface area contributed by atoms with Crippen LogP contribution in [0.3, 0.4) is 0 Å². The van der Waals surface area contributed by atoms with Gasteiger partial charge in [-0.1, -0.05) is 0 Å². The normalized spacial score (nSPS) is 0. The summed E-state index contributed by atoms with van der Waals surface area (Å²) in [7, 11) is 0. The molecule has 0 rings (SSSR count). The fourth-order valence-corrected chi connectivity index (χ4v) is 0. The summed E-state index contributed by atoms with van der Waals surface area (Å²) in [5.41, 5.74) is 0. The maximum atomic E-state index is 0. The molecular formula is H3AlCrFeP. The van der Waals surface area contributed by atoms with Crippen molar-refractivity contribution in [2.45, 2.75) is 0 Å². The first-order chi connectivity index (χ1) is 0. The molecule has 0 aromatic carbocycles. The first-order valence-corrected chi connectivity index (χ1v) is 0. The van der Waals surface area contributed by atoms with E-state index in [9.17, 15) is 0 Å². The standard InChI is InChI=1S/Al.Cr.Fe.H3P/h;;;1H3. The summed E-state index contributed by atoms with van der Waals surface area (Å²) in [6.45, 7) is 0. The predicted octanol–water partition coefficient (Wildman–Crippen LogP) is -0.328. The van der Waals surface area contributed by atoms with Crippen LogP contribution in [0.25, 0.3) is 0 Å². The Labute approximate surface area is 61.5 Å². The number of rotatable bonds is 0. The van der Waals surface area contributed by atoms with Gasteiger partial charge in [0.15, 0.2) is 0 Å². The van der Waals surface area contributed by atoms with Crippen LogP contribution < -0.4 is 0 Å². The van der Waals surface area contributed by atoms with E-state index in [4.69, 9.17) is 0 Å². The summed E-state index contributed by atoms with van der Waals surface area (Å²) in [5.74, 6) is 0. The fraction of sp³-hybridized carbons (Fsp3) is 0. The molecule has 0 aromatic heterocycles. The molecule has 1 unspecified atom stereocenters. The van der Waals surface area contributed by atoms with E-state index in [-0.39, 0.29) is 61.7 Å². The van der Waals surface area contributed by atoms with E-state index in [0.29, 0.717) is 0 Å². The van der Waals surface area contributed by atoms with Crippen LogP contribution in [0.4, 0.5) is 0 Å². The number of hydrogen-bond donors (Lipinski definition) is 0. The predicted molar refractivity (Wildman–Crippen MR) is 16.9 cm³/mol. The van der Waals surface area contributed by atoms with Crippen LogP contribution in [0.1, 0.15) is 0 Å². The third-order valence-electron chi connectivity index (χ3n) is 0. The van der Waals surface area contributed by atoms with Gasteiger partial charge < -0.3 is 0 Å². The molecule has 0 aromatic rings. The first kappa shape index (κ1) is 37.3. The van der Waals surface area contributed by atoms with Crippen LogP contribution in [0.5, 0.6) is 0 Å². The number of hydrogen-bond acceptors (Lipinski definition) is 0. The van der Waals surface area contributed by atoms with Crippen LogP contribution in [-0.2, 0) is 34.4 Å². The van der Waals surface area contributed by atoms with Gasteiger partial charge in [0, 0.05) is 51.8 Å². The molecule has 0 bridgehead atoms. The quantitative estimate of drug-likeness (QED) is 0.344. The third-order valence-corrected chi connectivity index (χ3v) is 0. The summed E-state index contributed by atoms with van der Waals surface area (Å²) >= 11 is 0. The van der Waals surface area contributed by atoms with Gasteiger partial charge in [0.05, 0.1) is 0 Å². The summed E-state index contributed by atoms with van der Waals surface area (Å²) in [5, 5.41) is 0. The Bertz CT molecular complexity index is 8.00. The minimum Gasteiger partial charge on any atom is -0.153 e. The van der Waals surface area contributed by atoms with Crippen LogP contribution >= 0.6 is 9.90 Å². The molecule has 0 aliphatic heterocycles. The second-order valence-corrected chi connectivity index (χ2v) is 0. The van der Waals surface area contributed by atoms with Crippen LogP contribution in [0.2, 0.25) is 0 Å². The Morgan fingerprint density at radius 1 is 1.00 bits per heavy atom. The van der Waals surface area contributed by atoms with Gasteiger partial charge in [0.2, 0.25) is 0 Å². The Morgan fingerprint density at radius 3 is 1.00 bits per heavy atom. The van der Waals surface area contributed by atoms with Gasteiger partial charge in [-0.25, -0.2) is 0 Å². The van der Waals surface area contributed by atoms with E-state index >= 15 is 0 Å². The van der Waals surface area contributed by atoms with E-state index in [1.807, 2.05) is 0 Å². The van der Waals surface area contributed by atoms with Crippen LogP contribution in [-0.4, -0.2) is 17.4 Å². The van der Waals surface area contributed by atoms with Gasteiger partial charge in [-0.05, 0) is 0 Å². The van der Waals surface area contributed by atoms with Crippen molar-refractivity contribution >= 4 is 27.3 Å². The Balaban J connectivity index is 0. The maximum absolute atomic E-state index is 0. The summed E-state index contributed by atoms with van der Waals surface area (Å²) < 4.78 is 0. The van der Waals surface area contributed by atoms with Gasteiger partial charge >= 0.3 is 0 Å². The van der Waals surface area contributed by atoms with Gasteiger partial charge in [-0.15, -0.1) is 0 Å². The van der Waals surface area contributed by atoms with Crippen molar-refractivity contribution in [1.29, 1.82) is 0 Å². The molecule has 25 valence electrons. The molecule has 0 aliphatic carbocycles. The zero-order valence-corrected chi connectivity index (χ0v) is 6.99. The average Bonchev–Trinajstić information content (AvgIpc) is 0. The van der Waals surface area contributed by atoms with E-state index < -0.39 is 0 Å². The van der Waals surface area contributed by atoms with Gasteiger partial charge in [-0.3, -0.25) is 0 Å². The van der Waals surface area contributed by atoms with Crippen molar-refractivity contribution in [1.82, 2.24) is 0 Å². The third kappa shape index (κ3) is 8.99. The molecule has 4 heavy (non-hydrogen) atoms. The van der Waals surface area contributed by atoms with Crippen molar-refractivity contribution in [3.05, 3.63) is 0 Å². The monoisotopic (exact) mass is 169 g/mol. The largest absolute Gasteiger partial charge is 0.153 e. The van der Waals surface area contributed by atoms with Crippen molar-refractivity contribution in [2.24, 2.45) is 0 Å². The molecule has 0 saturated carbocycles. The van der Waals surface area contributed by atoms with E-state index in [1.165, 1.54) is 0 Å². The Morgan fingerprint density at radius 2 is 1.00 bits per heavy atom. The van der Waals surface area contributed by atoms with Gasteiger partial charge in [0.25, 0.3) is 0 Å². The topological polar surface area (TPSA) is 0 Å². The van der Waals surface area contributed by atoms with Crippen molar-refractivity contribution < 1.29 is 34.4 Å².